The number of amides is 6. The molecule has 0 aliphatic carbocycles. The molecule has 7 rings (SSSR count). The minimum atomic E-state index is -2.41. The van der Waals surface area contributed by atoms with Crippen LogP contribution in [0.4, 0.5) is 5.69 Å². The van der Waals surface area contributed by atoms with E-state index >= 15 is 0 Å². The monoisotopic (exact) mass is 1270 g/mol. The van der Waals surface area contributed by atoms with Crippen molar-refractivity contribution in [1.29, 1.82) is 0 Å². The molecule has 494 valence electrons. The van der Waals surface area contributed by atoms with Crippen molar-refractivity contribution >= 4 is 46.9 Å². The normalized spacial score (nSPS) is 26.2. The van der Waals surface area contributed by atoms with Gasteiger partial charge in [0.05, 0.1) is 81.8 Å². The first kappa shape index (κ1) is 70.5. The maximum Gasteiger partial charge on any atom is 0.311 e. The van der Waals surface area contributed by atoms with Crippen LogP contribution in [0, 0.1) is 22.0 Å². The van der Waals surface area contributed by atoms with E-state index in [-0.39, 0.29) is 25.3 Å². The number of hydrogen-bond acceptors (Lipinski definition) is 19. The van der Waals surface area contributed by atoms with E-state index in [1.165, 1.54) is 19.1 Å². The number of nitro benzene ring substituents is 1. The lowest BCUT2D eigenvalue weighted by Gasteiger charge is -2.34. The number of unbranched alkanes of at least 4 members (excludes halogenated alkanes) is 2. The van der Waals surface area contributed by atoms with Crippen molar-refractivity contribution in [2.24, 2.45) is 11.8 Å². The van der Waals surface area contributed by atoms with Crippen LogP contribution in [-0.2, 0) is 33.5 Å². The summed E-state index contributed by atoms with van der Waals surface area (Å²) in [6.45, 7) is 5.59. The first-order chi connectivity index (χ1) is 43.0. The van der Waals surface area contributed by atoms with Crippen LogP contribution < -0.4 is 26.0 Å². The highest BCUT2D eigenvalue weighted by molar-refractivity contribution is 6.00. The largest absolute Gasteiger partial charge is 0.502 e. The standard InChI is InChI=1S/C64H84N8O19/c1-8-9-10-26-90-44-22-19-40(20-23-44)38-13-11-37(12-14-38)39-15-17-41(18-16-39)58(82)65-46-31-51(78)62(91-27-25-72(5,6)7)68-61(85)54-55(79)34(2)32-70(54)64(87)53(36(4)74)66-59(83)45(57(81)56(80)42-21-24-49(76)48(28-42)71(88)89)30-50(77)47-29-43(75)33-69(47)63(86)52(35(3)73)67-60(46)84/h11-24,28,34-36,43,45-47,51-57,62,73-75,78-81H,8-10,25-27,29-33H2,1-7H3,(H4-,65,66,67,68,76,82,83,84,85)/p+1/t34-,35+,36+,43+,45-,46-,47-,51+,52-,53-,54-,55-,56-,57-,62+/m0/s1. The Morgan fingerprint density at radius 1 is 0.736 bits per heavy atom. The van der Waals surface area contributed by atoms with Crippen molar-refractivity contribution in [3.8, 4) is 33.8 Å². The van der Waals surface area contributed by atoms with Gasteiger partial charge in [0.1, 0.15) is 48.7 Å². The Hall–Kier alpha value is -7.99. The van der Waals surface area contributed by atoms with Crippen molar-refractivity contribution in [3.63, 3.8) is 0 Å². The summed E-state index contributed by atoms with van der Waals surface area (Å²) in [4.78, 5) is 115. The number of aliphatic hydroxyl groups is 7. The zero-order valence-corrected chi connectivity index (χ0v) is 52.0. The maximum atomic E-state index is 14.8. The first-order valence-corrected chi connectivity index (χ1v) is 30.4. The molecule has 0 bridgehead atoms. The number of hydrogen-bond donors (Lipinski definition) is 12. The van der Waals surface area contributed by atoms with Gasteiger partial charge >= 0.3 is 5.69 Å². The zero-order chi connectivity index (χ0) is 66.8. The van der Waals surface area contributed by atoms with Crippen molar-refractivity contribution in [1.82, 2.24) is 31.1 Å². The first-order valence-electron chi connectivity index (χ1n) is 30.4. The second-order valence-corrected chi connectivity index (χ2v) is 24.8. The Balaban J connectivity index is 1.24. The average molecular weight is 1270 g/mol. The number of phenolic OH excluding ortho intramolecular Hbond substituents is 1. The Bertz CT molecular complexity index is 3220. The number of phenols is 1. The molecule has 0 radical (unpaired) electrons. The molecule has 6 amide bonds. The number of carbonyl (C=O) groups is 7. The van der Waals surface area contributed by atoms with Gasteiger partial charge in [-0.25, -0.2) is 0 Å². The van der Waals surface area contributed by atoms with Crippen LogP contribution in [0.3, 0.4) is 0 Å². The summed E-state index contributed by atoms with van der Waals surface area (Å²) < 4.78 is 12.3. The number of ether oxygens (including phenoxy) is 2. The fourth-order valence-electron chi connectivity index (χ4n) is 11.3. The lowest BCUT2D eigenvalue weighted by molar-refractivity contribution is -0.870. The molecule has 3 aliphatic rings. The van der Waals surface area contributed by atoms with Crippen molar-refractivity contribution in [3.05, 3.63) is 112 Å². The van der Waals surface area contributed by atoms with Crippen molar-refractivity contribution < 1.29 is 93.3 Å². The highest BCUT2D eigenvalue weighted by Gasteiger charge is 2.50. The lowest BCUT2D eigenvalue weighted by atomic mass is 9.86. The SMILES string of the molecule is CCCCCOc1ccc(-c2ccc(-c3ccc(C(=O)N[C@H]4C[C@@H](O)[C@@H](OCC[N+](C)(C)C)NC(=O)[C@@H]5[C@@H](O)[C@@H](C)CN5C(=O)[C@H]([C@@H](C)O)NC(=O)[C@H]([C@H](O)[C@@H](O)c5ccc(O)c([N+](=O)[O-])c5)CC(=O)[C@@H]5C[C@@H](O)CN5C(=O)[C@H]([C@@H](C)O)NC4=O)cc3)cc2)cc1. The maximum absolute atomic E-state index is 14.8. The molecule has 27 nitrogen and oxygen atoms in total. The van der Waals surface area contributed by atoms with Gasteiger partial charge in [0.15, 0.2) is 17.8 Å². The van der Waals surface area contributed by atoms with Gasteiger partial charge in [0, 0.05) is 49.9 Å². The number of rotatable bonds is 19. The molecule has 27 heteroatoms. The van der Waals surface area contributed by atoms with Crippen molar-refractivity contribution in [2.45, 2.75) is 145 Å². The van der Waals surface area contributed by atoms with Gasteiger partial charge in [-0.2, -0.15) is 0 Å². The van der Waals surface area contributed by atoms with Gasteiger partial charge in [-0.05, 0) is 78.4 Å². The summed E-state index contributed by atoms with van der Waals surface area (Å²) in [7, 11) is 5.48. The number of nitrogens with one attached hydrogen (secondary N) is 4. The van der Waals surface area contributed by atoms with E-state index in [2.05, 4.69) is 28.2 Å². The van der Waals surface area contributed by atoms with Gasteiger partial charge in [0.2, 0.25) is 29.5 Å². The smallest absolute Gasteiger partial charge is 0.311 e. The van der Waals surface area contributed by atoms with Gasteiger partial charge < -0.3 is 85.9 Å². The minimum absolute atomic E-state index is 0.0273. The molecule has 4 aromatic carbocycles. The highest BCUT2D eigenvalue weighted by Crippen LogP contribution is 2.35. The van der Waals surface area contributed by atoms with Crippen LogP contribution in [0.15, 0.2) is 91.0 Å². The molecule has 0 unspecified atom stereocenters. The van der Waals surface area contributed by atoms with Crippen LogP contribution in [-0.4, -0.2) is 228 Å². The predicted octanol–water partition coefficient (Wildman–Crippen LogP) is 0.802. The van der Waals surface area contributed by atoms with Crippen LogP contribution in [0.2, 0.25) is 0 Å². The predicted molar refractivity (Wildman–Crippen MR) is 328 cm³/mol. The van der Waals surface area contributed by atoms with Crippen LogP contribution >= 0.6 is 0 Å². The number of quaternary nitrogens is 1. The molecule has 3 aliphatic heterocycles. The molecular weight excluding hydrogens is 1180 g/mol. The summed E-state index contributed by atoms with van der Waals surface area (Å²) >= 11 is 0. The van der Waals surface area contributed by atoms with Crippen molar-refractivity contribution in [2.75, 3.05) is 54.0 Å². The topological polar surface area (TPSA) is 398 Å². The molecule has 91 heavy (non-hydrogen) atoms. The molecule has 15 atom stereocenters. The Morgan fingerprint density at radius 2 is 1.30 bits per heavy atom. The molecule has 4 aromatic rings. The third kappa shape index (κ3) is 17.7. The number of benzene rings is 4. The van der Waals surface area contributed by atoms with E-state index in [4.69, 9.17) is 9.47 Å². The molecular formula is C64H85N8O19+. The fraction of sp³-hybridized carbons (Fsp3) is 0.516. The third-order valence-electron chi connectivity index (χ3n) is 16.7. The van der Waals surface area contributed by atoms with E-state index in [9.17, 15) is 84.5 Å². The number of nitro groups is 1. The zero-order valence-electron chi connectivity index (χ0n) is 52.0. The molecule has 0 spiro atoms. The summed E-state index contributed by atoms with van der Waals surface area (Å²) in [6, 6.07) is 15.0. The summed E-state index contributed by atoms with van der Waals surface area (Å²) in [5.41, 5.74) is 2.12. The van der Waals surface area contributed by atoms with Crippen LogP contribution in [0.25, 0.3) is 22.3 Å². The Kier molecular flexibility index (Phi) is 23.9. The van der Waals surface area contributed by atoms with Gasteiger partial charge in [-0.3, -0.25) is 43.7 Å². The van der Waals surface area contributed by atoms with E-state index in [0.717, 1.165) is 83.0 Å². The molecule has 0 saturated carbocycles. The summed E-state index contributed by atoms with van der Waals surface area (Å²) in [5.74, 6) is -11.1. The molecule has 3 saturated heterocycles. The summed E-state index contributed by atoms with van der Waals surface area (Å²) in [6.07, 6.45) is -14.4. The lowest BCUT2D eigenvalue weighted by Crippen LogP contribution is -2.61. The van der Waals surface area contributed by atoms with Gasteiger partial charge in [0.25, 0.3) is 5.91 Å². The number of likely N-dealkylation sites (N-methyl/N-ethyl adjacent to an activating group) is 1. The third-order valence-corrected chi connectivity index (χ3v) is 16.7. The molecule has 3 heterocycles. The number of ketones is 1. The van der Waals surface area contributed by atoms with Gasteiger partial charge in [-0.15, -0.1) is 0 Å². The number of aliphatic hydroxyl groups excluding tert-OH is 7. The molecule has 3 fully saturated rings. The number of Topliss-reactive ketones (excluding diaryl/α,β-unsaturated/α-hetero) is 1. The Morgan fingerprint density at radius 3 is 1.86 bits per heavy atom. The van der Waals surface area contributed by atoms with Crippen LogP contribution in [0.5, 0.6) is 11.5 Å². The fourth-order valence-corrected chi connectivity index (χ4v) is 11.3. The van der Waals surface area contributed by atoms with E-state index in [1.54, 1.807) is 12.1 Å². The summed E-state index contributed by atoms with van der Waals surface area (Å²) in [5, 5.41) is 113. The van der Waals surface area contributed by atoms with Gasteiger partial charge in [-0.1, -0.05) is 81.3 Å². The van der Waals surface area contributed by atoms with E-state index in [0.29, 0.717) is 17.2 Å². The number of aromatic hydroxyl groups is 1. The van der Waals surface area contributed by atoms with E-state index in [1.807, 2.05) is 69.7 Å². The second-order valence-electron chi connectivity index (χ2n) is 24.8. The highest BCUT2D eigenvalue weighted by atomic mass is 16.6. The average Bonchev–Trinajstić information content (AvgIpc) is 1.75. The molecule has 12 N–H and O–H groups in total. The molecule has 0 aromatic heterocycles. The Labute approximate surface area is 526 Å². The number of carbonyl (C=O) groups excluding carboxylic acids is 7. The minimum Gasteiger partial charge on any atom is -0.502 e. The van der Waals surface area contributed by atoms with Crippen LogP contribution in [0.1, 0.15) is 88.2 Å². The number of fused-ring (bicyclic) bond motifs is 2. The van der Waals surface area contributed by atoms with E-state index < -0.39 is 180 Å². The number of nitrogens with zero attached hydrogens (tertiary/aromatic N) is 4. The quantitative estimate of drug-likeness (QED) is 0.0267. The second kappa shape index (κ2) is 30.9.